The summed E-state index contributed by atoms with van der Waals surface area (Å²) in [6.07, 6.45) is 3.64. The second-order valence-electron chi connectivity index (χ2n) is 4.60. The van der Waals surface area contributed by atoms with Crippen LogP contribution in [0.25, 0.3) is 0 Å². The fourth-order valence-electron chi connectivity index (χ4n) is 1.91. The Kier molecular flexibility index (Phi) is 5.32. The summed E-state index contributed by atoms with van der Waals surface area (Å²) in [5.41, 5.74) is 1.71. The normalized spacial score (nSPS) is 10.2. The lowest BCUT2D eigenvalue weighted by Crippen LogP contribution is -2.04. The molecule has 0 aliphatic rings. The molecule has 0 saturated carbocycles. The Hall–Kier alpha value is -2.36. The molecule has 1 aromatic heterocycles. The first kappa shape index (κ1) is 15.0. The van der Waals surface area contributed by atoms with Crippen molar-refractivity contribution in [3.8, 4) is 11.6 Å². The van der Waals surface area contributed by atoms with Crippen molar-refractivity contribution in [2.24, 2.45) is 0 Å². The maximum atomic E-state index is 11.5. The number of nitrogens with zero attached hydrogens (tertiary/aromatic N) is 1. The molecule has 0 unspecified atom stereocenters. The first-order chi connectivity index (χ1) is 10.2. The molecule has 0 saturated heterocycles. The summed E-state index contributed by atoms with van der Waals surface area (Å²) in [6.45, 7) is 4.27. The average molecular weight is 285 g/mol. The van der Waals surface area contributed by atoms with Crippen LogP contribution >= 0.6 is 0 Å². The van der Waals surface area contributed by atoms with Crippen LogP contribution in [0.3, 0.4) is 0 Å². The van der Waals surface area contributed by atoms with Gasteiger partial charge in [0.1, 0.15) is 5.75 Å². The van der Waals surface area contributed by atoms with Gasteiger partial charge in [0.15, 0.2) is 0 Å². The number of carbonyl (C=O) groups is 1. The molecular weight excluding hydrogens is 266 g/mol. The van der Waals surface area contributed by atoms with Gasteiger partial charge in [0.05, 0.1) is 12.2 Å². The molecule has 0 fully saturated rings. The summed E-state index contributed by atoms with van der Waals surface area (Å²) in [7, 11) is 0. The van der Waals surface area contributed by atoms with Gasteiger partial charge in [0.25, 0.3) is 0 Å². The lowest BCUT2D eigenvalue weighted by Gasteiger charge is -2.06. The minimum Gasteiger partial charge on any atom is -0.462 e. The van der Waals surface area contributed by atoms with Crippen LogP contribution in [0.15, 0.2) is 42.6 Å². The fourth-order valence-corrected chi connectivity index (χ4v) is 1.91. The largest absolute Gasteiger partial charge is 0.462 e. The van der Waals surface area contributed by atoms with E-state index in [0.29, 0.717) is 18.1 Å². The predicted octanol–water partition coefficient (Wildman–Crippen LogP) is 4.00. The van der Waals surface area contributed by atoms with Crippen molar-refractivity contribution in [2.75, 3.05) is 6.61 Å². The van der Waals surface area contributed by atoms with E-state index in [1.807, 2.05) is 24.3 Å². The molecule has 0 spiro atoms. The molecule has 0 amide bonds. The Morgan fingerprint density at radius 1 is 1.10 bits per heavy atom. The number of esters is 1. The molecule has 110 valence electrons. The number of benzene rings is 1. The highest BCUT2D eigenvalue weighted by atomic mass is 16.5. The van der Waals surface area contributed by atoms with Gasteiger partial charge < -0.3 is 9.47 Å². The number of aromatic nitrogens is 1. The highest BCUT2D eigenvalue weighted by Gasteiger charge is 2.07. The van der Waals surface area contributed by atoms with E-state index in [2.05, 4.69) is 11.9 Å². The SMILES string of the molecule is CCCc1ccc(Oc2ccc(C(=O)OCC)cn2)cc1. The van der Waals surface area contributed by atoms with E-state index in [4.69, 9.17) is 9.47 Å². The average Bonchev–Trinajstić information content (AvgIpc) is 2.50. The maximum Gasteiger partial charge on any atom is 0.339 e. The zero-order chi connectivity index (χ0) is 15.1. The van der Waals surface area contributed by atoms with Crippen LogP contribution in [0.2, 0.25) is 0 Å². The molecule has 0 bridgehead atoms. The van der Waals surface area contributed by atoms with E-state index in [-0.39, 0.29) is 5.97 Å². The third kappa shape index (κ3) is 4.31. The van der Waals surface area contributed by atoms with Crippen molar-refractivity contribution in [3.05, 3.63) is 53.7 Å². The molecule has 1 aromatic carbocycles. The Labute approximate surface area is 124 Å². The quantitative estimate of drug-likeness (QED) is 0.753. The smallest absolute Gasteiger partial charge is 0.339 e. The first-order valence-electron chi connectivity index (χ1n) is 7.13. The number of hydrogen-bond donors (Lipinski definition) is 0. The Morgan fingerprint density at radius 2 is 1.86 bits per heavy atom. The molecule has 2 aromatic rings. The summed E-state index contributed by atoms with van der Waals surface area (Å²) in [6, 6.07) is 11.2. The maximum absolute atomic E-state index is 11.5. The highest BCUT2D eigenvalue weighted by molar-refractivity contribution is 5.89. The Balaban J connectivity index is 2.01. The van der Waals surface area contributed by atoms with E-state index >= 15 is 0 Å². The zero-order valence-electron chi connectivity index (χ0n) is 12.3. The van der Waals surface area contributed by atoms with E-state index in [0.717, 1.165) is 18.6 Å². The predicted molar refractivity (Wildman–Crippen MR) is 80.7 cm³/mol. The number of rotatable bonds is 6. The van der Waals surface area contributed by atoms with Crippen LogP contribution < -0.4 is 4.74 Å². The molecule has 4 heteroatoms. The van der Waals surface area contributed by atoms with Gasteiger partial charge in [-0.05, 0) is 37.1 Å². The van der Waals surface area contributed by atoms with Crippen LogP contribution in [0, 0.1) is 0 Å². The third-order valence-corrected chi connectivity index (χ3v) is 2.93. The zero-order valence-corrected chi connectivity index (χ0v) is 12.3. The van der Waals surface area contributed by atoms with Crippen LogP contribution in [-0.2, 0) is 11.2 Å². The lowest BCUT2D eigenvalue weighted by molar-refractivity contribution is 0.0526. The Morgan fingerprint density at radius 3 is 2.43 bits per heavy atom. The van der Waals surface area contributed by atoms with Gasteiger partial charge in [-0.25, -0.2) is 9.78 Å². The summed E-state index contributed by atoms with van der Waals surface area (Å²) < 4.78 is 10.5. The van der Waals surface area contributed by atoms with Crippen LogP contribution in [0.5, 0.6) is 11.6 Å². The molecule has 4 nitrogen and oxygen atoms in total. The van der Waals surface area contributed by atoms with Crippen molar-refractivity contribution in [2.45, 2.75) is 26.7 Å². The van der Waals surface area contributed by atoms with Crippen molar-refractivity contribution < 1.29 is 14.3 Å². The molecular formula is C17H19NO3. The molecule has 0 N–H and O–H groups in total. The summed E-state index contributed by atoms with van der Waals surface area (Å²) in [5.74, 6) is 0.804. The van der Waals surface area contributed by atoms with Crippen molar-refractivity contribution >= 4 is 5.97 Å². The second kappa shape index (κ2) is 7.43. The standard InChI is InChI=1S/C17H19NO3/c1-3-5-13-6-9-15(10-7-13)21-16-11-8-14(12-18-16)17(19)20-4-2/h6-12H,3-5H2,1-2H3. The molecule has 1 heterocycles. The number of pyridine rings is 1. The molecule has 21 heavy (non-hydrogen) atoms. The van der Waals surface area contributed by atoms with Gasteiger partial charge in [-0.3, -0.25) is 0 Å². The summed E-state index contributed by atoms with van der Waals surface area (Å²) in [5, 5.41) is 0. The highest BCUT2D eigenvalue weighted by Crippen LogP contribution is 2.20. The molecule has 0 atom stereocenters. The van der Waals surface area contributed by atoms with Gasteiger partial charge in [0, 0.05) is 12.3 Å². The second-order valence-corrected chi connectivity index (χ2v) is 4.60. The summed E-state index contributed by atoms with van der Waals surface area (Å²) >= 11 is 0. The minimum absolute atomic E-state index is 0.348. The monoisotopic (exact) mass is 285 g/mol. The molecule has 0 aliphatic heterocycles. The van der Waals surface area contributed by atoms with Crippen molar-refractivity contribution in [1.82, 2.24) is 4.98 Å². The Bertz CT molecular complexity index is 576. The van der Waals surface area contributed by atoms with Crippen LogP contribution in [0.4, 0.5) is 0 Å². The van der Waals surface area contributed by atoms with Gasteiger partial charge in [-0.1, -0.05) is 25.5 Å². The third-order valence-electron chi connectivity index (χ3n) is 2.93. The van der Waals surface area contributed by atoms with Crippen LogP contribution in [0.1, 0.15) is 36.2 Å². The van der Waals surface area contributed by atoms with Gasteiger partial charge in [-0.2, -0.15) is 0 Å². The molecule has 0 aliphatic carbocycles. The fraction of sp³-hybridized carbons (Fsp3) is 0.294. The number of carbonyl (C=O) groups excluding carboxylic acids is 1. The van der Waals surface area contributed by atoms with E-state index in [1.54, 1.807) is 19.1 Å². The van der Waals surface area contributed by atoms with Gasteiger partial charge >= 0.3 is 5.97 Å². The van der Waals surface area contributed by atoms with Crippen LogP contribution in [-0.4, -0.2) is 17.6 Å². The lowest BCUT2D eigenvalue weighted by atomic mass is 10.1. The van der Waals surface area contributed by atoms with Gasteiger partial charge in [-0.15, -0.1) is 0 Å². The number of ether oxygens (including phenoxy) is 2. The van der Waals surface area contributed by atoms with Crippen molar-refractivity contribution in [3.63, 3.8) is 0 Å². The van der Waals surface area contributed by atoms with E-state index < -0.39 is 0 Å². The molecule has 0 radical (unpaired) electrons. The van der Waals surface area contributed by atoms with Crippen molar-refractivity contribution in [1.29, 1.82) is 0 Å². The van der Waals surface area contributed by atoms with E-state index in [9.17, 15) is 4.79 Å². The van der Waals surface area contributed by atoms with E-state index in [1.165, 1.54) is 11.8 Å². The number of aryl methyl sites for hydroxylation is 1. The molecule has 2 rings (SSSR count). The summed E-state index contributed by atoms with van der Waals surface area (Å²) in [4.78, 5) is 15.6. The number of hydrogen-bond acceptors (Lipinski definition) is 4. The topological polar surface area (TPSA) is 48.4 Å². The first-order valence-corrected chi connectivity index (χ1v) is 7.13. The minimum atomic E-state index is -0.375. The van der Waals surface area contributed by atoms with Gasteiger partial charge in [0.2, 0.25) is 5.88 Å².